The van der Waals surface area contributed by atoms with Gasteiger partial charge in [-0.25, -0.2) is 14.8 Å². The Morgan fingerprint density at radius 3 is 2.83 bits per heavy atom. The largest absolute Gasteiger partial charge is 0.464 e. The second kappa shape index (κ2) is 4.53. The number of methoxy groups -OCH3 is 1. The summed E-state index contributed by atoms with van der Waals surface area (Å²) in [5.74, 6) is 1.53. The standard InChI is InChI=1S/C12H15N3O3/c1-17-11(16)10-2-3-13-12(14-10)15-4-8(5-15)9-6-18-7-9/h2-3,8-9H,4-7H2,1H3. The Kier molecular flexibility index (Phi) is 2.87. The van der Waals surface area contributed by atoms with Crippen molar-refractivity contribution < 1.29 is 14.3 Å². The van der Waals surface area contributed by atoms with E-state index in [0.29, 0.717) is 23.5 Å². The maximum atomic E-state index is 11.4. The lowest BCUT2D eigenvalue weighted by molar-refractivity contribution is -0.0661. The highest BCUT2D eigenvalue weighted by Crippen LogP contribution is 2.31. The summed E-state index contributed by atoms with van der Waals surface area (Å²) < 4.78 is 9.83. The molecule has 0 bridgehead atoms. The molecule has 6 heteroatoms. The number of esters is 1. The third-order valence-electron chi connectivity index (χ3n) is 3.56. The van der Waals surface area contributed by atoms with Crippen molar-refractivity contribution in [2.45, 2.75) is 0 Å². The van der Waals surface area contributed by atoms with Gasteiger partial charge in [0.25, 0.3) is 0 Å². The average molecular weight is 249 g/mol. The van der Waals surface area contributed by atoms with Gasteiger partial charge in [-0.2, -0.15) is 0 Å². The second-order valence-electron chi connectivity index (χ2n) is 4.70. The molecular formula is C12H15N3O3. The molecule has 0 N–H and O–H groups in total. The maximum Gasteiger partial charge on any atom is 0.356 e. The number of carbonyl (C=O) groups is 1. The first kappa shape index (κ1) is 11.4. The molecule has 2 aliphatic heterocycles. The van der Waals surface area contributed by atoms with Gasteiger partial charge < -0.3 is 14.4 Å². The topological polar surface area (TPSA) is 64.5 Å². The van der Waals surface area contributed by atoms with Crippen molar-refractivity contribution in [1.82, 2.24) is 9.97 Å². The van der Waals surface area contributed by atoms with Crippen LogP contribution in [-0.2, 0) is 9.47 Å². The Bertz CT molecular complexity index is 456. The molecule has 2 saturated heterocycles. The van der Waals surface area contributed by atoms with Gasteiger partial charge in [0.2, 0.25) is 5.95 Å². The molecule has 2 aliphatic rings. The number of nitrogens with zero attached hydrogens (tertiary/aromatic N) is 3. The van der Waals surface area contributed by atoms with Gasteiger partial charge in [-0.3, -0.25) is 0 Å². The summed E-state index contributed by atoms with van der Waals surface area (Å²) in [6.07, 6.45) is 1.59. The van der Waals surface area contributed by atoms with E-state index in [-0.39, 0.29) is 0 Å². The van der Waals surface area contributed by atoms with Crippen LogP contribution in [0.15, 0.2) is 12.3 Å². The van der Waals surface area contributed by atoms with Gasteiger partial charge in [-0.05, 0) is 6.07 Å². The van der Waals surface area contributed by atoms with Crippen LogP contribution in [-0.4, -0.2) is 49.4 Å². The summed E-state index contributed by atoms with van der Waals surface area (Å²) in [4.78, 5) is 21.9. The monoisotopic (exact) mass is 249 g/mol. The quantitative estimate of drug-likeness (QED) is 0.720. The zero-order valence-electron chi connectivity index (χ0n) is 10.2. The van der Waals surface area contributed by atoms with E-state index in [0.717, 1.165) is 26.3 Å². The molecule has 2 fully saturated rings. The van der Waals surface area contributed by atoms with Gasteiger partial charge in [0, 0.05) is 31.1 Å². The first-order chi connectivity index (χ1) is 8.78. The minimum Gasteiger partial charge on any atom is -0.464 e. The molecule has 0 aromatic carbocycles. The maximum absolute atomic E-state index is 11.4. The number of ether oxygens (including phenoxy) is 2. The lowest BCUT2D eigenvalue weighted by Crippen LogP contribution is -2.55. The van der Waals surface area contributed by atoms with Crippen LogP contribution in [0.4, 0.5) is 5.95 Å². The minimum atomic E-state index is -0.428. The third kappa shape index (κ3) is 1.92. The fourth-order valence-corrected chi connectivity index (χ4v) is 2.22. The zero-order valence-corrected chi connectivity index (χ0v) is 10.2. The number of rotatable bonds is 3. The summed E-state index contributed by atoms with van der Waals surface area (Å²) in [5.41, 5.74) is 0.304. The number of hydrogen-bond donors (Lipinski definition) is 0. The summed E-state index contributed by atoms with van der Waals surface area (Å²) in [6.45, 7) is 3.64. The van der Waals surface area contributed by atoms with Crippen LogP contribution in [0.25, 0.3) is 0 Å². The molecule has 1 aromatic rings. The van der Waals surface area contributed by atoms with E-state index in [2.05, 4.69) is 19.6 Å². The Hall–Kier alpha value is -1.69. The van der Waals surface area contributed by atoms with E-state index in [9.17, 15) is 4.79 Å². The molecule has 96 valence electrons. The normalized spacial score (nSPS) is 20.2. The molecule has 3 heterocycles. The van der Waals surface area contributed by atoms with Crippen LogP contribution < -0.4 is 4.90 Å². The highest BCUT2D eigenvalue weighted by molar-refractivity contribution is 5.87. The molecular weight excluding hydrogens is 234 g/mol. The fourth-order valence-electron chi connectivity index (χ4n) is 2.22. The lowest BCUT2D eigenvalue weighted by atomic mass is 9.85. The highest BCUT2D eigenvalue weighted by atomic mass is 16.5. The number of aromatic nitrogens is 2. The first-order valence-electron chi connectivity index (χ1n) is 6.02. The van der Waals surface area contributed by atoms with E-state index < -0.39 is 5.97 Å². The fraction of sp³-hybridized carbons (Fsp3) is 0.583. The van der Waals surface area contributed by atoms with Crippen molar-refractivity contribution in [1.29, 1.82) is 0 Å². The predicted octanol–water partition coefficient (Wildman–Crippen LogP) is 0.346. The highest BCUT2D eigenvalue weighted by Gasteiger charge is 2.38. The van der Waals surface area contributed by atoms with Crippen molar-refractivity contribution in [3.05, 3.63) is 18.0 Å². The Balaban J connectivity index is 1.65. The van der Waals surface area contributed by atoms with Gasteiger partial charge in [0.15, 0.2) is 5.69 Å². The average Bonchev–Trinajstić information content (AvgIpc) is 2.29. The Morgan fingerprint density at radius 2 is 2.22 bits per heavy atom. The zero-order chi connectivity index (χ0) is 12.5. The van der Waals surface area contributed by atoms with Gasteiger partial charge in [0.1, 0.15) is 0 Å². The molecule has 0 saturated carbocycles. The predicted molar refractivity (Wildman–Crippen MR) is 63.4 cm³/mol. The van der Waals surface area contributed by atoms with Crippen LogP contribution in [0.5, 0.6) is 0 Å². The van der Waals surface area contributed by atoms with E-state index >= 15 is 0 Å². The summed E-state index contributed by atoms with van der Waals surface area (Å²) in [6, 6.07) is 1.56. The molecule has 0 amide bonds. The van der Waals surface area contributed by atoms with Crippen LogP contribution in [0.1, 0.15) is 10.5 Å². The van der Waals surface area contributed by atoms with E-state index in [1.54, 1.807) is 12.3 Å². The molecule has 6 nitrogen and oxygen atoms in total. The number of anilines is 1. The van der Waals surface area contributed by atoms with Crippen LogP contribution >= 0.6 is 0 Å². The van der Waals surface area contributed by atoms with Gasteiger partial charge in [0.05, 0.1) is 20.3 Å². The Labute approximate surface area is 105 Å². The minimum absolute atomic E-state index is 0.304. The molecule has 0 unspecified atom stereocenters. The molecule has 0 atom stereocenters. The molecule has 18 heavy (non-hydrogen) atoms. The first-order valence-corrected chi connectivity index (χ1v) is 6.02. The molecule has 0 radical (unpaired) electrons. The number of hydrogen-bond acceptors (Lipinski definition) is 6. The smallest absolute Gasteiger partial charge is 0.356 e. The van der Waals surface area contributed by atoms with Gasteiger partial charge in [-0.15, -0.1) is 0 Å². The molecule has 3 rings (SSSR count). The van der Waals surface area contributed by atoms with Crippen molar-refractivity contribution in [3.8, 4) is 0 Å². The molecule has 0 spiro atoms. The molecule has 0 aliphatic carbocycles. The van der Waals surface area contributed by atoms with E-state index in [1.807, 2.05) is 0 Å². The van der Waals surface area contributed by atoms with Crippen LogP contribution in [0.2, 0.25) is 0 Å². The van der Waals surface area contributed by atoms with Gasteiger partial charge >= 0.3 is 5.97 Å². The van der Waals surface area contributed by atoms with Crippen molar-refractivity contribution >= 4 is 11.9 Å². The van der Waals surface area contributed by atoms with Crippen molar-refractivity contribution in [3.63, 3.8) is 0 Å². The van der Waals surface area contributed by atoms with E-state index in [4.69, 9.17) is 4.74 Å². The van der Waals surface area contributed by atoms with E-state index in [1.165, 1.54) is 7.11 Å². The summed E-state index contributed by atoms with van der Waals surface area (Å²) in [7, 11) is 1.35. The van der Waals surface area contributed by atoms with Crippen LogP contribution in [0.3, 0.4) is 0 Å². The third-order valence-corrected chi connectivity index (χ3v) is 3.56. The summed E-state index contributed by atoms with van der Waals surface area (Å²) >= 11 is 0. The van der Waals surface area contributed by atoms with Gasteiger partial charge in [-0.1, -0.05) is 0 Å². The van der Waals surface area contributed by atoms with Crippen molar-refractivity contribution in [2.75, 3.05) is 38.3 Å². The second-order valence-corrected chi connectivity index (χ2v) is 4.70. The summed E-state index contributed by atoms with van der Waals surface area (Å²) in [5, 5.41) is 0. The molecule has 1 aromatic heterocycles. The number of carbonyl (C=O) groups excluding carboxylic acids is 1. The van der Waals surface area contributed by atoms with Crippen LogP contribution in [0, 0.1) is 11.8 Å². The Morgan fingerprint density at radius 1 is 1.44 bits per heavy atom. The SMILES string of the molecule is COC(=O)c1ccnc(N2CC(C3COC3)C2)n1. The van der Waals surface area contributed by atoms with Crippen molar-refractivity contribution in [2.24, 2.45) is 11.8 Å². The lowest BCUT2D eigenvalue weighted by Gasteiger charge is -2.46.